The molecule has 1 heterocycles. The summed E-state index contributed by atoms with van der Waals surface area (Å²) in [6, 6.07) is 1.70. The zero-order valence-electron chi connectivity index (χ0n) is 11.9. The minimum absolute atomic E-state index is 0.0849. The van der Waals surface area contributed by atoms with Crippen molar-refractivity contribution in [2.24, 2.45) is 0 Å². The third kappa shape index (κ3) is 2.89. The standard InChI is InChI=1S/C15H17F2NO3/c1-3-12(10-8-9(16)4-5-11(10)17)18-13(15(20)21-2)6-7-14(18)19/h4-5,8,12-13H,3,6-7H2,1-2H3. The average Bonchev–Trinajstić information content (AvgIpc) is 2.85. The van der Waals surface area contributed by atoms with Crippen molar-refractivity contribution in [3.05, 3.63) is 35.4 Å². The fraction of sp³-hybridized carbons (Fsp3) is 0.467. The van der Waals surface area contributed by atoms with Crippen LogP contribution in [0.1, 0.15) is 37.8 Å². The number of methoxy groups -OCH3 is 1. The van der Waals surface area contributed by atoms with Crippen LogP contribution in [0.3, 0.4) is 0 Å². The lowest BCUT2D eigenvalue weighted by atomic mass is 10.0. The molecule has 114 valence electrons. The van der Waals surface area contributed by atoms with Crippen molar-refractivity contribution in [3.63, 3.8) is 0 Å². The van der Waals surface area contributed by atoms with Crippen LogP contribution < -0.4 is 0 Å². The van der Waals surface area contributed by atoms with Crippen molar-refractivity contribution in [2.45, 2.75) is 38.3 Å². The van der Waals surface area contributed by atoms with E-state index in [0.29, 0.717) is 12.8 Å². The number of carbonyl (C=O) groups is 2. The highest BCUT2D eigenvalue weighted by Gasteiger charge is 2.41. The Labute approximate surface area is 121 Å². The number of hydrogen-bond acceptors (Lipinski definition) is 3. The molecule has 0 N–H and O–H groups in total. The number of benzene rings is 1. The Morgan fingerprint density at radius 3 is 2.81 bits per heavy atom. The van der Waals surface area contributed by atoms with Gasteiger partial charge in [-0.1, -0.05) is 6.92 Å². The van der Waals surface area contributed by atoms with E-state index in [1.807, 2.05) is 0 Å². The Kier molecular flexibility index (Phi) is 4.55. The van der Waals surface area contributed by atoms with E-state index >= 15 is 0 Å². The SMILES string of the molecule is CCC(c1cc(F)ccc1F)N1C(=O)CCC1C(=O)OC. The quantitative estimate of drug-likeness (QED) is 0.803. The topological polar surface area (TPSA) is 46.6 Å². The molecule has 0 saturated carbocycles. The van der Waals surface area contributed by atoms with Gasteiger partial charge in [0.15, 0.2) is 0 Å². The maximum absolute atomic E-state index is 14.0. The van der Waals surface area contributed by atoms with E-state index in [4.69, 9.17) is 4.74 Å². The van der Waals surface area contributed by atoms with Crippen LogP contribution in [-0.2, 0) is 14.3 Å². The first kappa shape index (κ1) is 15.4. The molecule has 0 radical (unpaired) electrons. The number of esters is 1. The average molecular weight is 297 g/mol. The summed E-state index contributed by atoms with van der Waals surface area (Å²) in [6.07, 6.45) is 0.908. The molecule has 2 rings (SSSR count). The molecule has 2 atom stereocenters. The normalized spacial score (nSPS) is 19.7. The highest BCUT2D eigenvalue weighted by molar-refractivity contribution is 5.88. The van der Waals surface area contributed by atoms with Crippen molar-refractivity contribution in [1.82, 2.24) is 4.90 Å². The molecule has 1 aliphatic heterocycles. The molecule has 4 nitrogen and oxygen atoms in total. The first-order valence-electron chi connectivity index (χ1n) is 6.83. The van der Waals surface area contributed by atoms with Crippen molar-refractivity contribution in [1.29, 1.82) is 0 Å². The molecule has 1 amide bonds. The molecule has 1 saturated heterocycles. The van der Waals surface area contributed by atoms with Gasteiger partial charge < -0.3 is 9.64 Å². The summed E-state index contributed by atoms with van der Waals surface area (Å²) in [5.41, 5.74) is 0.0849. The van der Waals surface area contributed by atoms with Crippen LogP contribution in [0.5, 0.6) is 0 Å². The second-order valence-corrected chi connectivity index (χ2v) is 4.97. The number of ether oxygens (including phenoxy) is 1. The van der Waals surface area contributed by atoms with Gasteiger partial charge in [-0.2, -0.15) is 0 Å². The van der Waals surface area contributed by atoms with Gasteiger partial charge in [0.05, 0.1) is 13.2 Å². The van der Waals surface area contributed by atoms with Gasteiger partial charge in [0.2, 0.25) is 5.91 Å². The first-order valence-corrected chi connectivity index (χ1v) is 6.83. The minimum Gasteiger partial charge on any atom is -0.467 e. The van der Waals surface area contributed by atoms with E-state index in [9.17, 15) is 18.4 Å². The molecular formula is C15H17F2NO3. The molecule has 0 spiro atoms. The summed E-state index contributed by atoms with van der Waals surface area (Å²) in [6.45, 7) is 1.76. The van der Waals surface area contributed by atoms with Crippen LogP contribution in [0.2, 0.25) is 0 Å². The summed E-state index contributed by atoms with van der Waals surface area (Å²) in [4.78, 5) is 25.2. The molecular weight excluding hydrogens is 280 g/mol. The molecule has 0 bridgehead atoms. The van der Waals surface area contributed by atoms with Gasteiger partial charge in [0.25, 0.3) is 0 Å². The maximum atomic E-state index is 14.0. The summed E-state index contributed by atoms with van der Waals surface area (Å²) in [5.74, 6) is -1.95. The van der Waals surface area contributed by atoms with Crippen LogP contribution in [0.15, 0.2) is 18.2 Å². The van der Waals surface area contributed by atoms with Gasteiger partial charge >= 0.3 is 5.97 Å². The van der Waals surface area contributed by atoms with Crippen molar-refractivity contribution in [3.8, 4) is 0 Å². The Bertz CT molecular complexity index is 562. The molecule has 2 unspecified atom stereocenters. The Morgan fingerprint density at radius 2 is 2.19 bits per heavy atom. The summed E-state index contributed by atoms with van der Waals surface area (Å²) in [5, 5.41) is 0. The lowest BCUT2D eigenvalue weighted by Gasteiger charge is -2.31. The van der Waals surface area contributed by atoms with Crippen LogP contribution in [-0.4, -0.2) is 29.9 Å². The largest absolute Gasteiger partial charge is 0.467 e. The molecule has 21 heavy (non-hydrogen) atoms. The highest BCUT2D eigenvalue weighted by atomic mass is 19.1. The Morgan fingerprint density at radius 1 is 1.48 bits per heavy atom. The van der Waals surface area contributed by atoms with Crippen molar-refractivity contribution >= 4 is 11.9 Å². The number of carbonyl (C=O) groups excluding carboxylic acids is 2. The van der Waals surface area contributed by atoms with Crippen molar-refractivity contribution in [2.75, 3.05) is 7.11 Å². The smallest absolute Gasteiger partial charge is 0.328 e. The predicted octanol–water partition coefficient (Wildman–Crippen LogP) is 2.58. The summed E-state index contributed by atoms with van der Waals surface area (Å²) < 4.78 is 32.1. The molecule has 0 aliphatic carbocycles. The second-order valence-electron chi connectivity index (χ2n) is 4.97. The Hall–Kier alpha value is -1.98. The lowest BCUT2D eigenvalue weighted by Crippen LogP contribution is -2.42. The van der Waals surface area contributed by atoms with Gasteiger partial charge in [-0.05, 0) is 31.0 Å². The zero-order valence-corrected chi connectivity index (χ0v) is 11.9. The number of halogens is 2. The van der Waals surface area contributed by atoms with E-state index in [-0.39, 0.29) is 17.9 Å². The van der Waals surface area contributed by atoms with Crippen LogP contribution >= 0.6 is 0 Å². The highest BCUT2D eigenvalue weighted by Crippen LogP contribution is 2.34. The van der Waals surface area contributed by atoms with Crippen LogP contribution in [0.4, 0.5) is 8.78 Å². The minimum atomic E-state index is -0.741. The Balaban J connectivity index is 2.41. The van der Waals surface area contributed by atoms with Crippen molar-refractivity contribution < 1.29 is 23.1 Å². The molecule has 1 fully saturated rings. The molecule has 0 aromatic heterocycles. The number of likely N-dealkylation sites (tertiary alicyclic amines) is 1. The lowest BCUT2D eigenvalue weighted by molar-refractivity contribution is -0.151. The van der Waals surface area contributed by atoms with Crippen LogP contribution in [0.25, 0.3) is 0 Å². The summed E-state index contributed by atoms with van der Waals surface area (Å²) >= 11 is 0. The molecule has 1 aromatic carbocycles. The predicted molar refractivity (Wildman–Crippen MR) is 71.3 cm³/mol. The monoisotopic (exact) mass is 297 g/mol. The van der Waals surface area contributed by atoms with E-state index in [1.54, 1.807) is 6.92 Å². The molecule has 1 aromatic rings. The van der Waals surface area contributed by atoms with E-state index in [2.05, 4.69) is 0 Å². The van der Waals surface area contributed by atoms with Gasteiger partial charge in [0, 0.05) is 12.0 Å². The second kappa shape index (κ2) is 6.20. The number of rotatable bonds is 4. The maximum Gasteiger partial charge on any atom is 0.328 e. The van der Waals surface area contributed by atoms with E-state index in [1.165, 1.54) is 12.0 Å². The zero-order chi connectivity index (χ0) is 15.6. The van der Waals surface area contributed by atoms with Gasteiger partial charge in [-0.15, -0.1) is 0 Å². The number of amides is 1. The third-order valence-corrected chi connectivity index (χ3v) is 3.77. The van der Waals surface area contributed by atoms with Gasteiger partial charge in [0.1, 0.15) is 17.7 Å². The van der Waals surface area contributed by atoms with Crippen LogP contribution in [0, 0.1) is 11.6 Å². The fourth-order valence-corrected chi connectivity index (χ4v) is 2.80. The van der Waals surface area contributed by atoms with Gasteiger partial charge in [-0.3, -0.25) is 4.79 Å². The summed E-state index contributed by atoms with van der Waals surface area (Å²) in [7, 11) is 1.24. The fourth-order valence-electron chi connectivity index (χ4n) is 2.80. The van der Waals surface area contributed by atoms with E-state index < -0.39 is 29.7 Å². The van der Waals surface area contributed by atoms with E-state index in [0.717, 1.165) is 18.2 Å². The van der Waals surface area contributed by atoms with Gasteiger partial charge in [-0.25, -0.2) is 13.6 Å². The molecule has 1 aliphatic rings. The first-order chi connectivity index (χ1) is 9.99. The number of nitrogens with zero attached hydrogens (tertiary/aromatic N) is 1. The molecule has 6 heteroatoms. The third-order valence-electron chi connectivity index (χ3n) is 3.77. The number of hydrogen-bond donors (Lipinski definition) is 0.